The van der Waals surface area contributed by atoms with Crippen molar-refractivity contribution < 1.29 is 14.5 Å². The summed E-state index contributed by atoms with van der Waals surface area (Å²) in [7, 11) is 0. The Kier molecular flexibility index (Phi) is 6.64. The van der Waals surface area contributed by atoms with Crippen LogP contribution in [0.25, 0.3) is 6.08 Å². The van der Waals surface area contributed by atoms with E-state index >= 15 is 0 Å². The molecule has 4 rings (SSSR count). The second kappa shape index (κ2) is 9.60. The Morgan fingerprint density at radius 1 is 1.00 bits per heavy atom. The van der Waals surface area contributed by atoms with Gasteiger partial charge in [-0.15, -0.1) is 0 Å². The molecule has 160 valence electrons. The van der Waals surface area contributed by atoms with Crippen molar-refractivity contribution in [2.45, 2.75) is 16.3 Å². The van der Waals surface area contributed by atoms with Crippen molar-refractivity contribution in [2.24, 2.45) is 0 Å². The highest BCUT2D eigenvalue weighted by atomic mass is 35.5. The molecule has 0 spiro atoms. The minimum atomic E-state index is -0.494. The van der Waals surface area contributed by atoms with Gasteiger partial charge < -0.3 is 0 Å². The maximum Gasteiger partial charge on any atom is 0.293 e. The molecule has 6 nitrogen and oxygen atoms in total. The van der Waals surface area contributed by atoms with E-state index in [-0.39, 0.29) is 23.4 Å². The molecule has 9 heteroatoms. The van der Waals surface area contributed by atoms with E-state index in [2.05, 4.69) is 0 Å². The first-order valence-corrected chi connectivity index (χ1v) is 11.4. The maximum atomic E-state index is 12.9. The summed E-state index contributed by atoms with van der Waals surface area (Å²) < 4.78 is 0. The van der Waals surface area contributed by atoms with Crippen molar-refractivity contribution in [1.82, 2.24) is 4.90 Å². The number of nitro benzene ring substituents is 1. The van der Waals surface area contributed by atoms with Crippen LogP contribution in [0.1, 0.15) is 11.1 Å². The predicted octanol–water partition coefficient (Wildman–Crippen LogP) is 6.64. The lowest BCUT2D eigenvalue weighted by atomic mass is 10.2. The fourth-order valence-corrected chi connectivity index (χ4v) is 4.88. The quantitative estimate of drug-likeness (QED) is 0.222. The zero-order valence-corrected chi connectivity index (χ0v) is 18.8. The molecule has 0 N–H and O–H groups in total. The summed E-state index contributed by atoms with van der Waals surface area (Å²) in [5.41, 5.74) is 1.42. The number of nitro groups is 1. The first-order chi connectivity index (χ1) is 15.4. The fraction of sp³-hybridized carbons (Fsp3) is 0.0435. The smallest absolute Gasteiger partial charge is 0.268 e. The van der Waals surface area contributed by atoms with E-state index in [1.165, 1.54) is 23.9 Å². The van der Waals surface area contributed by atoms with Gasteiger partial charge in [0.1, 0.15) is 0 Å². The standard InChI is InChI=1S/C23H15ClN2O4S2/c24-17-7-11-19(12-8-17)31-20-4-2-1-3-16(20)13-21-22(27)25(23(28)32-21)14-15-5-9-18(10-6-15)26(29)30/h1-13H,14H2/b21-13-. The van der Waals surface area contributed by atoms with Gasteiger partial charge in [-0.05, 0) is 59.3 Å². The van der Waals surface area contributed by atoms with Gasteiger partial charge in [0.2, 0.25) is 0 Å². The molecule has 0 radical (unpaired) electrons. The molecule has 3 aromatic carbocycles. The van der Waals surface area contributed by atoms with Gasteiger partial charge in [0.05, 0.1) is 16.4 Å². The summed E-state index contributed by atoms with van der Waals surface area (Å²) in [5.74, 6) is -0.385. The van der Waals surface area contributed by atoms with E-state index in [0.717, 1.165) is 32.0 Å². The molecule has 0 saturated carbocycles. The molecule has 2 amide bonds. The van der Waals surface area contributed by atoms with Gasteiger partial charge in [-0.25, -0.2) is 0 Å². The van der Waals surface area contributed by atoms with Crippen molar-refractivity contribution in [3.8, 4) is 0 Å². The molecule has 0 atom stereocenters. The van der Waals surface area contributed by atoms with E-state index in [9.17, 15) is 19.7 Å². The van der Waals surface area contributed by atoms with E-state index in [1.807, 2.05) is 48.5 Å². The SMILES string of the molecule is O=C1S/C(=C\c2ccccc2Sc2ccc(Cl)cc2)C(=O)N1Cc1ccc([N+](=O)[O-])cc1. The van der Waals surface area contributed by atoms with Crippen molar-refractivity contribution in [1.29, 1.82) is 0 Å². The molecule has 1 fully saturated rings. The third-order valence-electron chi connectivity index (χ3n) is 4.61. The number of imide groups is 1. The molecule has 0 unspecified atom stereocenters. The van der Waals surface area contributed by atoms with Crippen LogP contribution in [0, 0.1) is 10.1 Å². The van der Waals surface area contributed by atoms with E-state index in [1.54, 1.807) is 18.2 Å². The summed E-state index contributed by atoms with van der Waals surface area (Å²) in [6, 6.07) is 20.9. The largest absolute Gasteiger partial charge is 0.293 e. The van der Waals surface area contributed by atoms with E-state index in [0.29, 0.717) is 15.5 Å². The highest BCUT2D eigenvalue weighted by Gasteiger charge is 2.35. The maximum absolute atomic E-state index is 12.9. The number of carbonyl (C=O) groups is 2. The first-order valence-electron chi connectivity index (χ1n) is 9.42. The minimum absolute atomic E-state index is 0.0439. The number of hydrogen-bond donors (Lipinski definition) is 0. The van der Waals surface area contributed by atoms with Crippen LogP contribution in [-0.4, -0.2) is 21.0 Å². The molecular weight excluding hydrogens is 468 g/mol. The third kappa shape index (κ3) is 5.04. The minimum Gasteiger partial charge on any atom is -0.268 e. The predicted molar refractivity (Wildman–Crippen MR) is 127 cm³/mol. The van der Waals surface area contributed by atoms with Crippen molar-refractivity contribution in [3.63, 3.8) is 0 Å². The van der Waals surface area contributed by atoms with Crippen LogP contribution in [0.5, 0.6) is 0 Å². The molecule has 1 saturated heterocycles. The molecule has 1 aliphatic rings. The van der Waals surface area contributed by atoms with Crippen LogP contribution < -0.4 is 0 Å². The summed E-state index contributed by atoms with van der Waals surface area (Å²) in [6.45, 7) is 0.0567. The molecule has 0 bridgehead atoms. The fourth-order valence-electron chi connectivity index (χ4n) is 3.01. The summed E-state index contributed by atoms with van der Waals surface area (Å²) >= 11 is 8.38. The van der Waals surface area contributed by atoms with Crippen LogP contribution in [0.3, 0.4) is 0 Å². The number of rotatable bonds is 6. The van der Waals surface area contributed by atoms with Crippen LogP contribution in [0.15, 0.2) is 87.5 Å². The highest BCUT2D eigenvalue weighted by molar-refractivity contribution is 8.18. The summed E-state index contributed by atoms with van der Waals surface area (Å²) in [6.07, 6.45) is 1.72. The second-order valence-corrected chi connectivity index (χ2v) is 9.33. The Labute approximate surface area is 197 Å². The van der Waals surface area contributed by atoms with Crippen LogP contribution in [0.2, 0.25) is 5.02 Å². The summed E-state index contributed by atoms with van der Waals surface area (Å²) in [5, 5.41) is 11.1. The highest BCUT2D eigenvalue weighted by Crippen LogP contribution is 2.37. The van der Waals surface area contributed by atoms with Gasteiger partial charge >= 0.3 is 0 Å². The summed E-state index contributed by atoms with van der Waals surface area (Å²) in [4.78, 5) is 39.1. The lowest BCUT2D eigenvalue weighted by Crippen LogP contribution is -2.27. The number of amides is 2. The Balaban J connectivity index is 1.54. The van der Waals surface area contributed by atoms with Gasteiger partial charge in [-0.2, -0.15) is 0 Å². The number of halogens is 1. The van der Waals surface area contributed by atoms with Crippen LogP contribution in [0.4, 0.5) is 10.5 Å². The number of hydrogen-bond acceptors (Lipinski definition) is 6. The molecule has 3 aromatic rings. The van der Waals surface area contributed by atoms with Gasteiger partial charge in [0.25, 0.3) is 16.8 Å². The van der Waals surface area contributed by atoms with Crippen LogP contribution >= 0.6 is 35.1 Å². The normalized spacial score (nSPS) is 14.9. The van der Waals surface area contributed by atoms with Crippen LogP contribution in [-0.2, 0) is 11.3 Å². The number of non-ortho nitro benzene ring substituents is 1. The molecule has 32 heavy (non-hydrogen) atoms. The Morgan fingerprint density at radius 2 is 1.69 bits per heavy atom. The number of thioether (sulfide) groups is 1. The van der Waals surface area contributed by atoms with Gasteiger partial charge in [-0.3, -0.25) is 24.6 Å². The Morgan fingerprint density at radius 3 is 2.38 bits per heavy atom. The average molecular weight is 483 g/mol. The van der Waals surface area contributed by atoms with Crippen molar-refractivity contribution in [3.05, 3.63) is 104 Å². The topological polar surface area (TPSA) is 80.5 Å². The average Bonchev–Trinajstić information content (AvgIpc) is 3.04. The Hall–Kier alpha value is -3.07. The number of carbonyl (C=O) groups excluding carboxylic acids is 2. The second-order valence-electron chi connectivity index (χ2n) is 6.79. The third-order valence-corrected chi connectivity index (χ3v) is 6.87. The lowest BCUT2D eigenvalue weighted by Gasteiger charge is -2.12. The van der Waals surface area contributed by atoms with Gasteiger partial charge in [0.15, 0.2) is 0 Å². The molecule has 0 aromatic heterocycles. The Bertz CT molecular complexity index is 1230. The molecule has 1 heterocycles. The van der Waals surface area contributed by atoms with E-state index in [4.69, 9.17) is 11.6 Å². The zero-order chi connectivity index (χ0) is 22.7. The number of nitrogens with zero attached hydrogens (tertiary/aromatic N) is 2. The molecule has 1 aliphatic heterocycles. The zero-order valence-electron chi connectivity index (χ0n) is 16.4. The first kappa shape index (κ1) is 22.1. The lowest BCUT2D eigenvalue weighted by molar-refractivity contribution is -0.384. The number of benzene rings is 3. The van der Waals surface area contributed by atoms with Gasteiger partial charge in [-0.1, -0.05) is 53.7 Å². The van der Waals surface area contributed by atoms with E-state index < -0.39 is 4.92 Å². The van der Waals surface area contributed by atoms with Gasteiger partial charge in [0, 0.05) is 26.9 Å². The molecular formula is C23H15ClN2O4S2. The molecule has 0 aliphatic carbocycles. The monoisotopic (exact) mass is 482 g/mol. The van der Waals surface area contributed by atoms with Crippen molar-refractivity contribution >= 4 is 58.0 Å². The van der Waals surface area contributed by atoms with Crippen molar-refractivity contribution in [2.75, 3.05) is 0 Å².